The molecule has 0 aliphatic carbocycles. The Hall–Kier alpha value is -5.34. The first-order chi connectivity index (χ1) is 20.6. The van der Waals surface area contributed by atoms with Crippen LogP contribution in [0.2, 0.25) is 0 Å². The van der Waals surface area contributed by atoms with Crippen LogP contribution in [0.5, 0.6) is 0 Å². The molecule has 6 rings (SSSR count). The Morgan fingerprint density at radius 2 is 0.667 bits per heavy atom. The lowest BCUT2D eigenvalue weighted by Gasteiger charge is -2.26. The van der Waals surface area contributed by atoms with E-state index >= 15 is 0 Å². The van der Waals surface area contributed by atoms with Gasteiger partial charge in [-0.3, -0.25) is 0 Å². The van der Waals surface area contributed by atoms with E-state index in [1.165, 1.54) is 11.1 Å². The van der Waals surface area contributed by atoms with Crippen LogP contribution in [0.1, 0.15) is 22.3 Å². The fourth-order valence-corrected chi connectivity index (χ4v) is 5.24. The van der Waals surface area contributed by atoms with E-state index in [2.05, 4.69) is 194 Å². The van der Waals surface area contributed by atoms with E-state index in [0.29, 0.717) is 0 Å². The normalized spacial score (nSPS) is 11.0. The van der Waals surface area contributed by atoms with Gasteiger partial charge in [0.25, 0.3) is 0 Å². The molecule has 0 unspecified atom stereocenters. The molecular weight excluding hydrogens is 508 g/mol. The molecule has 0 spiro atoms. The molecule has 0 amide bonds. The summed E-state index contributed by atoms with van der Waals surface area (Å²) in [5, 5.41) is 0. The van der Waals surface area contributed by atoms with E-state index in [-0.39, 0.29) is 0 Å². The van der Waals surface area contributed by atoms with Gasteiger partial charge in [-0.25, -0.2) is 0 Å². The third-order valence-electron chi connectivity index (χ3n) is 7.32. The smallest absolute Gasteiger partial charge is 0.0464 e. The molecule has 42 heavy (non-hydrogen) atoms. The highest BCUT2D eigenvalue weighted by molar-refractivity contribution is 5.80. The highest BCUT2D eigenvalue weighted by atomic mass is 15.1. The zero-order valence-corrected chi connectivity index (χ0v) is 24.1. The van der Waals surface area contributed by atoms with Gasteiger partial charge in [0, 0.05) is 34.1 Å². The Bertz CT molecular complexity index is 1640. The molecule has 0 atom stereocenters. The zero-order valence-electron chi connectivity index (χ0n) is 24.1. The predicted molar refractivity (Wildman–Crippen MR) is 181 cm³/mol. The fourth-order valence-electron chi connectivity index (χ4n) is 5.24. The Morgan fingerprint density at radius 1 is 0.333 bits per heavy atom. The van der Waals surface area contributed by atoms with Crippen molar-refractivity contribution in [3.63, 3.8) is 0 Å². The molecule has 0 saturated carbocycles. The summed E-state index contributed by atoms with van der Waals surface area (Å²) in [4.78, 5) is 4.60. The van der Waals surface area contributed by atoms with Crippen LogP contribution in [0, 0.1) is 13.8 Å². The van der Waals surface area contributed by atoms with Crippen LogP contribution in [0.4, 0.5) is 34.1 Å². The number of benzene rings is 6. The molecule has 0 bridgehead atoms. The third-order valence-corrected chi connectivity index (χ3v) is 7.32. The molecule has 2 nitrogen and oxygen atoms in total. The summed E-state index contributed by atoms with van der Waals surface area (Å²) in [5.41, 5.74) is 11.6. The van der Waals surface area contributed by atoms with Crippen LogP contribution < -0.4 is 9.80 Å². The summed E-state index contributed by atoms with van der Waals surface area (Å²) in [5.74, 6) is 0. The monoisotopic (exact) mass is 542 g/mol. The van der Waals surface area contributed by atoms with Gasteiger partial charge in [-0.2, -0.15) is 0 Å². The minimum atomic E-state index is 1.13. The lowest BCUT2D eigenvalue weighted by molar-refractivity contribution is 1.27. The Labute approximate surface area is 249 Å². The highest BCUT2D eigenvalue weighted by Crippen LogP contribution is 2.36. The minimum Gasteiger partial charge on any atom is -0.310 e. The van der Waals surface area contributed by atoms with Crippen molar-refractivity contribution in [1.82, 2.24) is 0 Å². The summed E-state index contributed by atoms with van der Waals surface area (Å²) in [6.45, 7) is 4.27. The average Bonchev–Trinajstić information content (AvgIpc) is 3.03. The van der Waals surface area contributed by atoms with Gasteiger partial charge in [0.15, 0.2) is 0 Å². The van der Waals surface area contributed by atoms with Gasteiger partial charge in [-0.15, -0.1) is 0 Å². The molecule has 6 aromatic rings. The standard InChI is InChI=1S/C40H34N2/c1-31-11-9-17-39(29-31)41(35-13-5-3-6-14-35)37-25-21-33(22-26-37)19-20-34-23-27-38(28-24-34)42(36-15-7-4-8-16-36)40-18-10-12-32(2)30-40/h3-30H,1-2H3/b20-19+. The van der Waals surface area contributed by atoms with Crippen molar-refractivity contribution < 1.29 is 0 Å². The third kappa shape index (κ3) is 6.19. The highest BCUT2D eigenvalue weighted by Gasteiger charge is 2.13. The second-order valence-corrected chi connectivity index (χ2v) is 10.5. The maximum Gasteiger partial charge on any atom is 0.0464 e. The first-order valence-electron chi connectivity index (χ1n) is 14.4. The van der Waals surface area contributed by atoms with E-state index in [9.17, 15) is 0 Å². The second-order valence-electron chi connectivity index (χ2n) is 10.5. The maximum absolute atomic E-state index is 2.30. The van der Waals surface area contributed by atoms with Crippen molar-refractivity contribution in [2.45, 2.75) is 13.8 Å². The number of aryl methyl sites for hydroxylation is 2. The maximum atomic E-state index is 2.30. The van der Waals surface area contributed by atoms with Crippen molar-refractivity contribution in [2.24, 2.45) is 0 Å². The van der Waals surface area contributed by atoms with Crippen LogP contribution in [-0.2, 0) is 0 Å². The van der Waals surface area contributed by atoms with Crippen LogP contribution >= 0.6 is 0 Å². The van der Waals surface area contributed by atoms with E-state index in [4.69, 9.17) is 0 Å². The molecule has 6 aromatic carbocycles. The van der Waals surface area contributed by atoms with E-state index in [0.717, 1.165) is 45.3 Å². The molecular formula is C40H34N2. The number of hydrogen-bond acceptors (Lipinski definition) is 2. The average molecular weight is 543 g/mol. The van der Waals surface area contributed by atoms with E-state index in [1.54, 1.807) is 0 Å². The van der Waals surface area contributed by atoms with E-state index < -0.39 is 0 Å². The molecule has 0 radical (unpaired) electrons. The van der Waals surface area contributed by atoms with E-state index in [1.807, 2.05) is 0 Å². The quantitative estimate of drug-likeness (QED) is 0.176. The number of para-hydroxylation sites is 2. The molecule has 2 heteroatoms. The summed E-state index contributed by atoms with van der Waals surface area (Å²) in [7, 11) is 0. The molecule has 0 aliphatic rings. The Balaban J connectivity index is 1.24. The SMILES string of the molecule is Cc1cccc(N(c2ccccc2)c2ccc(/C=C/c3ccc(N(c4ccccc4)c4cccc(C)c4)cc3)cc2)c1. The largest absolute Gasteiger partial charge is 0.310 e. The first kappa shape index (κ1) is 26.9. The van der Waals surface area contributed by atoms with Crippen LogP contribution in [0.15, 0.2) is 158 Å². The zero-order chi connectivity index (χ0) is 28.7. The van der Waals surface area contributed by atoms with Crippen LogP contribution in [-0.4, -0.2) is 0 Å². The molecule has 0 aromatic heterocycles. The van der Waals surface area contributed by atoms with Crippen LogP contribution in [0.25, 0.3) is 12.2 Å². The van der Waals surface area contributed by atoms with Crippen molar-refractivity contribution in [3.8, 4) is 0 Å². The summed E-state index contributed by atoms with van der Waals surface area (Å²) in [6.07, 6.45) is 4.35. The van der Waals surface area contributed by atoms with Crippen molar-refractivity contribution in [1.29, 1.82) is 0 Å². The molecule has 0 N–H and O–H groups in total. The minimum absolute atomic E-state index is 1.13. The number of hydrogen-bond donors (Lipinski definition) is 0. The number of nitrogens with zero attached hydrogens (tertiary/aromatic N) is 2. The number of rotatable bonds is 8. The van der Waals surface area contributed by atoms with Gasteiger partial charge in [-0.1, -0.05) is 97.1 Å². The van der Waals surface area contributed by atoms with Crippen molar-refractivity contribution in [3.05, 3.63) is 180 Å². The summed E-state index contributed by atoms with van der Waals surface area (Å²) < 4.78 is 0. The van der Waals surface area contributed by atoms with Crippen molar-refractivity contribution in [2.75, 3.05) is 9.80 Å². The molecule has 0 fully saturated rings. The van der Waals surface area contributed by atoms with Gasteiger partial charge in [0.05, 0.1) is 0 Å². The van der Waals surface area contributed by atoms with Gasteiger partial charge in [0.2, 0.25) is 0 Å². The topological polar surface area (TPSA) is 6.48 Å². The van der Waals surface area contributed by atoms with Gasteiger partial charge in [-0.05, 0) is 109 Å². The summed E-state index contributed by atoms with van der Waals surface area (Å²) >= 11 is 0. The fraction of sp³-hybridized carbons (Fsp3) is 0.0500. The summed E-state index contributed by atoms with van der Waals surface area (Å²) in [6, 6.07) is 55.8. The molecule has 0 aliphatic heterocycles. The van der Waals surface area contributed by atoms with Gasteiger partial charge >= 0.3 is 0 Å². The Morgan fingerprint density at radius 3 is 1.02 bits per heavy atom. The van der Waals surface area contributed by atoms with Crippen LogP contribution in [0.3, 0.4) is 0 Å². The number of anilines is 6. The molecule has 0 saturated heterocycles. The predicted octanol–water partition coefficient (Wildman–Crippen LogP) is 11.4. The Kier molecular flexibility index (Phi) is 7.96. The van der Waals surface area contributed by atoms with Gasteiger partial charge in [0.1, 0.15) is 0 Å². The molecule has 0 heterocycles. The lowest BCUT2D eigenvalue weighted by atomic mass is 10.1. The molecule has 204 valence electrons. The lowest BCUT2D eigenvalue weighted by Crippen LogP contribution is -2.09. The first-order valence-corrected chi connectivity index (χ1v) is 14.4. The second kappa shape index (κ2) is 12.4. The van der Waals surface area contributed by atoms with Crippen molar-refractivity contribution >= 4 is 46.3 Å². The van der Waals surface area contributed by atoms with Gasteiger partial charge < -0.3 is 9.80 Å².